The third kappa shape index (κ3) is 5.90. The first-order valence-corrected chi connectivity index (χ1v) is 10.6. The number of halogens is 1. The third-order valence-electron chi connectivity index (χ3n) is 5.16. The van der Waals surface area contributed by atoms with Gasteiger partial charge < -0.3 is 10.2 Å². The Morgan fingerprint density at radius 1 is 1.14 bits per heavy atom. The summed E-state index contributed by atoms with van der Waals surface area (Å²) < 4.78 is 0. The van der Waals surface area contributed by atoms with Crippen molar-refractivity contribution in [2.24, 2.45) is 0 Å². The molecular formula is C22H30ClN5O. The molecule has 1 N–H and O–H groups in total. The topological polar surface area (TPSA) is 61.4 Å². The lowest BCUT2D eigenvalue weighted by atomic mass is 10.1. The van der Waals surface area contributed by atoms with E-state index >= 15 is 0 Å². The molecule has 0 spiro atoms. The van der Waals surface area contributed by atoms with E-state index in [2.05, 4.69) is 33.9 Å². The van der Waals surface area contributed by atoms with Gasteiger partial charge in [0.25, 0.3) is 0 Å². The molecule has 2 heterocycles. The highest BCUT2D eigenvalue weighted by Crippen LogP contribution is 2.19. The minimum atomic E-state index is -0.0686. The van der Waals surface area contributed by atoms with Crippen molar-refractivity contribution in [3.63, 3.8) is 0 Å². The van der Waals surface area contributed by atoms with Crippen LogP contribution in [-0.4, -0.2) is 53.5 Å². The summed E-state index contributed by atoms with van der Waals surface area (Å²) in [5.74, 6) is 2.21. The first-order chi connectivity index (χ1) is 13.8. The predicted octanol–water partition coefficient (Wildman–Crippen LogP) is 3.56. The van der Waals surface area contributed by atoms with Crippen molar-refractivity contribution in [2.75, 3.05) is 37.6 Å². The van der Waals surface area contributed by atoms with Crippen molar-refractivity contribution in [3.05, 3.63) is 52.4 Å². The van der Waals surface area contributed by atoms with Gasteiger partial charge in [0.1, 0.15) is 11.6 Å². The maximum absolute atomic E-state index is 12.5. The number of carbonyl (C=O) groups excluding carboxylic acids is 1. The van der Waals surface area contributed by atoms with Crippen LogP contribution < -0.4 is 10.2 Å². The van der Waals surface area contributed by atoms with Crippen LogP contribution in [0.3, 0.4) is 0 Å². The lowest BCUT2D eigenvalue weighted by Gasteiger charge is -2.35. The molecule has 6 nitrogen and oxygen atoms in total. The van der Waals surface area contributed by atoms with Gasteiger partial charge in [-0.2, -0.15) is 0 Å². The zero-order valence-corrected chi connectivity index (χ0v) is 18.4. The zero-order chi connectivity index (χ0) is 21.0. The molecule has 1 aromatic carbocycles. The Bertz CT molecular complexity index is 849. The predicted molar refractivity (Wildman–Crippen MR) is 118 cm³/mol. The zero-order valence-electron chi connectivity index (χ0n) is 17.7. The number of carbonyl (C=O) groups is 1. The smallest absolute Gasteiger partial charge is 0.234 e. The number of hydrogen-bond donors (Lipinski definition) is 1. The number of benzene rings is 1. The fourth-order valence-electron chi connectivity index (χ4n) is 3.48. The highest BCUT2D eigenvalue weighted by Gasteiger charge is 2.21. The van der Waals surface area contributed by atoms with Crippen LogP contribution in [0.15, 0.2) is 30.3 Å². The number of piperazine rings is 1. The van der Waals surface area contributed by atoms with Crippen molar-refractivity contribution in [1.82, 2.24) is 20.2 Å². The molecule has 1 unspecified atom stereocenters. The Morgan fingerprint density at radius 2 is 1.86 bits per heavy atom. The summed E-state index contributed by atoms with van der Waals surface area (Å²) in [5.41, 5.74) is 2.01. The van der Waals surface area contributed by atoms with Gasteiger partial charge in [0.2, 0.25) is 5.91 Å². The number of nitrogens with one attached hydrogen (secondary N) is 1. The van der Waals surface area contributed by atoms with Gasteiger partial charge in [0, 0.05) is 48.9 Å². The molecular weight excluding hydrogens is 386 g/mol. The Balaban J connectivity index is 1.51. The minimum Gasteiger partial charge on any atom is -0.354 e. The molecule has 1 aromatic heterocycles. The molecule has 1 amide bonds. The summed E-state index contributed by atoms with van der Waals surface area (Å²) in [5, 5.41) is 3.75. The Kier molecular flexibility index (Phi) is 7.09. The maximum Gasteiger partial charge on any atom is 0.234 e. The Morgan fingerprint density at radius 3 is 2.52 bits per heavy atom. The lowest BCUT2D eigenvalue weighted by Crippen LogP contribution is -2.50. The van der Waals surface area contributed by atoms with Crippen molar-refractivity contribution in [1.29, 1.82) is 0 Å². The normalized spacial score (nSPS) is 16.1. The second-order valence-corrected chi connectivity index (χ2v) is 8.42. The highest BCUT2D eigenvalue weighted by atomic mass is 35.5. The summed E-state index contributed by atoms with van der Waals surface area (Å²) in [4.78, 5) is 26.2. The standard InChI is InChI=1S/C22H30ClN5O/c1-15(2)22-24-16(3)12-20(26-22)28-10-8-27(9-11-28)14-21(29)25-17(4)18-6-5-7-19(23)13-18/h5-7,12-13,15,17H,8-11,14H2,1-4H3,(H,25,29). The van der Waals surface area contributed by atoms with Crippen LogP contribution in [0.2, 0.25) is 5.02 Å². The number of amides is 1. The monoisotopic (exact) mass is 415 g/mol. The molecule has 1 saturated heterocycles. The van der Waals surface area contributed by atoms with Crippen LogP contribution in [0, 0.1) is 6.92 Å². The van der Waals surface area contributed by atoms with Crippen molar-refractivity contribution in [2.45, 2.75) is 39.7 Å². The third-order valence-corrected chi connectivity index (χ3v) is 5.40. The van der Waals surface area contributed by atoms with Gasteiger partial charge in [0.05, 0.1) is 12.6 Å². The van der Waals surface area contributed by atoms with E-state index in [9.17, 15) is 4.79 Å². The van der Waals surface area contributed by atoms with E-state index in [1.807, 2.05) is 44.2 Å². The molecule has 29 heavy (non-hydrogen) atoms. The van der Waals surface area contributed by atoms with Gasteiger partial charge >= 0.3 is 0 Å². The molecule has 0 bridgehead atoms. The van der Waals surface area contributed by atoms with E-state index in [1.165, 1.54) is 0 Å². The molecule has 2 aromatic rings. The van der Waals surface area contributed by atoms with Crippen LogP contribution >= 0.6 is 11.6 Å². The average Bonchev–Trinajstić information content (AvgIpc) is 2.68. The summed E-state index contributed by atoms with van der Waals surface area (Å²) in [6.45, 7) is 12.0. The van der Waals surface area contributed by atoms with E-state index in [4.69, 9.17) is 16.6 Å². The SMILES string of the molecule is Cc1cc(N2CCN(CC(=O)NC(C)c3cccc(Cl)c3)CC2)nc(C(C)C)n1. The van der Waals surface area contributed by atoms with E-state index in [0.29, 0.717) is 17.5 Å². The maximum atomic E-state index is 12.5. The Labute approximate surface area is 178 Å². The summed E-state index contributed by atoms with van der Waals surface area (Å²) in [7, 11) is 0. The number of hydrogen-bond acceptors (Lipinski definition) is 5. The highest BCUT2D eigenvalue weighted by molar-refractivity contribution is 6.30. The molecule has 0 radical (unpaired) electrons. The number of aromatic nitrogens is 2. The molecule has 3 rings (SSSR count). The molecule has 156 valence electrons. The van der Waals surface area contributed by atoms with E-state index in [0.717, 1.165) is 49.1 Å². The molecule has 0 saturated carbocycles. The number of anilines is 1. The van der Waals surface area contributed by atoms with E-state index in [1.54, 1.807) is 0 Å². The van der Waals surface area contributed by atoms with Crippen molar-refractivity contribution >= 4 is 23.3 Å². The second kappa shape index (κ2) is 9.55. The quantitative estimate of drug-likeness (QED) is 0.781. The van der Waals surface area contributed by atoms with Crippen LogP contribution in [-0.2, 0) is 4.79 Å². The van der Waals surface area contributed by atoms with Gasteiger partial charge in [-0.15, -0.1) is 0 Å². The summed E-state index contributed by atoms with van der Waals surface area (Å²) in [6, 6.07) is 9.58. The fourth-order valence-corrected chi connectivity index (χ4v) is 3.68. The summed E-state index contributed by atoms with van der Waals surface area (Å²) in [6.07, 6.45) is 0. The molecule has 0 aliphatic carbocycles. The van der Waals surface area contributed by atoms with Gasteiger partial charge in [-0.1, -0.05) is 37.6 Å². The molecule has 1 fully saturated rings. The Hall–Kier alpha value is -2.18. The fraction of sp³-hybridized carbons (Fsp3) is 0.500. The van der Waals surface area contributed by atoms with Crippen LogP contribution in [0.25, 0.3) is 0 Å². The van der Waals surface area contributed by atoms with Crippen LogP contribution in [0.5, 0.6) is 0 Å². The number of nitrogens with zero attached hydrogens (tertiary/aromatic N) is 4. The van der Waals surface area contributed by atoms with Crippen LogP contribution in [0.1, 0.15) is 49.8 Å². The summed E-state index contributed by atoms with van der Waals surface area (Å²) >= 11 is 6.05. The second-order valence-electron chi connectivity index (χ2n) is 7.99. The van der Waals surface area contributed by atoms with Crippen molar-refractivity contribution in [3.8, 4) is 0 Å². The average molecular weight is 416 g/mol. The van der Waals surface area contributed by atoms with Gasteiger partial charge in [-0.25, -0.2) is 9.97 Å². The lowest BCUT2D eigenvalue weighted by molar-refractivity contribution is -0.123. The van der Waals surface area contributed by atoms with E-state index in [-0.39, 0.29) is 11.9 Å². The van der Waals surface area contributed by atoms with E-state index < -0.39 is 0 Å². The van der Waals surface area contributed by atoms with Crippen molar-refractivity contribution < 1.29 is 4.79 Å². The largest absolute Gasteiger partial charge is 0.354 e. The molecule has 7 heteroatoms. The number of aryl methyl sites for hydroxylation is 1. The first-order valence-electron chi connectivity index (χ1n) is 10.2. The molecule has 1 aliphatic heterocycles. The number of rotatable bonds is 6. The molecule has 1 aliphatic rings. The minimum absolute atomic E-state index is 0.0332. The molecule has 1 atom stereocenters. The van der Waals surface area contributed by atoms with Gasteiger partial charge in [-0.05, 0) is 31.5 Å². The van der Waals surface area contributed by atoms with Gasteiger partial charge in [0.15, 0.2) is 0 Å². The van der Waals surface area contributed by atoms with Gasteiger partial charge in [-0.3, -0.25) is 9.69 Å². The first kappa shape index (κ1) is 21.5. The van der Waals surface area contributed by atoms with Crippen LogP contribution in [0.4, 0.5) is 5.82 Å².